The first-order chi connectivity index (χ1) is 16.7. The fourth-order valence-corrected chi connectivity index (χ4v) is 4.61. The summed E-state index contributed by atoms with van der Waals surface area (Å²) in [6, 6.07) is 6.09. The number of nitrogens with one attached hydrogen (secondary N) is 3. The van der Waals surface area contributed by atoms with Gasteiger partial charge in [-0.1, -0.05) is 34.8 Å². The highest BCUT2D eigenvalue weighted by molar-refractivity contribution is 7.13. The Hall–Kier alpha value is -2.40. The van der Waals surface area contributed by atoms with E-state index in [0.717, 1.165) is 18.7 Å². The number of halogens is 3. The first kappa shape index (κ1) is 27.2. The molecule has 0 bridgehead atoms. The van der Waals surface area contributed by atoms with Gasteiger partial charge in [-0.05, 0) is 43.2 Å². The van der Waals surface area contributed by atoms with Crippen molar-refractivity contribution in [1.82, 2.24) is 15.2 Å². The molecule has 0 aliphatic carbocycles. The molecule has 3 aromatic rings. The lowest BCUT2D eigenvalue weighted by Gasteiger charge is -2.15. The highest BCUT2D eigenvalue weighted by Crippen LogP contribution is 2.35. The number of hydrogen-bond donors (Lipinski definition) is 3. The minimum absolute atomic E-state index is 0.0951. The molecule has 3 rings (SSSR count). The monoisotopic (exact) mass is 555 g/mol. The number of ether oxygens (including phenoxy) is 1. The molecule has 2 aromatic heterocycles. The van der Waals surface area contributed by atoms with Crippen LogP contribution >= 0.6 is 46.1 Å². The van der Waals surface area contributed by atoms with Gasteiger partial charge in [-0.25, -0.2) is 4.98 Å². The second-order valence-electron chi connectivity index (χ2n) is 7.68. The van der Waals surface area contributed by atoms with Gasteiger partial charge in [0.25, 0.3) is 11.8 Å². The second-order valence-corrected chi connectivity index (χ2v) is 9.82. The molecule has 2 amide bonds. The number of benzene rings is 1. The summed E-state index contributed by atoms with van der Waals surface area (Å²) in [5, 5.41) is 11.6. The maximum atomic E-state index is 13.1. The standard InChI is InChI=1S/C23H24Cl3N5O3S/c1-31(2)7-6-27-10-13-12-35-21(19(13)26)23(33)30-20-16(8-15(25)9-17(20)34-3)22(32)29-18-5-4-14(24)11-28-18/h4-5,8-9,11-12,27H,6-7,10H2,1-3H3,(H,30,33)(H,28,29,32). The number of nitrogens with zero attached hydrogens (tertiary/aromatic N) is 2. The molecular formula is C23H24Cl3N5O3S. The lowest BCUT2D eigenvalue weighted by molar-refractivity contribution is 0.102. The van der Waals surface area contributed by atoms with Gasteiger partial charge in [-0.3, -0.25) is 9.59 Å². The van der Waals surface area contributed by atoms with E-state index < -0.39 is 11.8 Å². The van der Waals surface area contributed by atoms with Gasteiger partial charge in [-0.15, -0.1) is 11.3 Å². The summed E-state index contributed by atoms with van der Waals surface area (Å²) in [5.41, 5.74) is 1.07. The number of thiophene rings is 1. The van der Waals surface area contributed by atoms with Crippen molar-refractivity contribution in [2.75, 3.05) is 44.9 Å². The van der Waals surface area contributed by atoms with Crippen LogP contribution < -0.4 is 20.7 Å². The maximum Gasteiger partial charge on any atom is 0.267 e. The number of carbonyl (C=O) groups excluding carboxylic acids is 2. The molecule has 12 heteroatoms. The molecule has 0 saturated carbocycles. The second kappa shape index (κ2) is 12.5. The molecule has 0 aliphatic heterocycles. The zero-order valence-corrected chi connectivity index (χ0v) is 22.3. The molecule has 0 spiro atoms. The van der Waals surface area contributed by atoms with Crippen molar-refractivity contribution >= 4 is 69.5 Å². The molecule has 1 aromatic carbocycles. The SMILES string of the molecule is COc1cc(Cl)cc(C(=O)Nc2ccc(Cl)cn2)c1NC(=O)c1scc(CNCCN(C)C)c1Cl. The first-order valence-corrected chi connectivity index (χ1v) is 12.4. The minimum atomic E-state index is -0.543. The summed E-state index contributed by atoms with van der Waals surface area (Å²) in [6.45, 7) is 2.19. The lowest BCUT2D eigenvalue weighted by Crippen LogP contribution is -2.26. The van der Waals surface area contributed by atoms with E-state index in [4.69, 9.17) is 39.5 Å². The van der Waals surface area contributed by atoms with Crippen LogP contribution in [0.4, 0.5) is 11.5 Å². The van der Waals surface area contributed by atoms with Gasteiger partial charge in [-0.2, -0.15) is 0 Å². The normalized spacial score (nSPS) is 10.9. The first-order valence-electron chi connectivity index (χ1n) is 10.4. The van der Waals surface area contributed by atoms with E-state index in [-0.39, 0.29) is 27.8 Å². The van der Waals surface area contributed by atoms with Crippen LogP contribution in [0.15, 0.2) is 35.8 Å². The highest BCUT2D eigenvalue weighted by atomic mass is 35.5. The van der Waals surface area contributed by atoms with Crippen LogP contribution in [0.5, 0.6) is 5.75 Å². The van der Waals surface area contributed by atoms with Crippen LogP contribution in [0, 0.1) is 0 Å². The number of amides is 2. The van der Waals surface area contributed by atoms with Crippen molar-refractivity contribution in [3.05, 3.63) is 66.9 Å². The maximum absolute atomic E-state index is 13.1. The van der Waals surface area contributed by atoms with E-state index in [1.54, 1.807) is 12.1 Å². The molecule has 0 radical (unpaired) electrons. The number of hydrogen-bond acceptors (Lipinski definition) is 7. The summed E-state index contributed by atoms with van der Waals surface area (Å²) in [5.74, 6) is -0.514. The van der Waals surface area contributed by atoms with Gasteiger partial charge in [0.15, 0.2) is 0 Å². The number of aromatic nitrogens is 1. The predicted octanol–water partition coefficient (Wildman–Crippen LogP) is 5.27. The van der Waals surface area contributed by atoms with Gasteiger partial charge in [0, 0.05) is 36.9 Å². The van der Waals surface area contributed by atoms with Crippen molar-refractivity contribution in [2.45, 2.75) is 6.54 Å². The molecule has 0 aliphatic rings. The van der Waals surface area contributed by atoms with E-state index >= 15 is 0 Å². The van der Waals surface area contributed by atoms with E-state index in [9.17, 15) is 9.59 Å². The smallest absolute Gasteiger partial charge is 0.267 e. The van der Waals surface area contributed by atoms with E-state index in [1.807, 2.05) is 19.5 Å². The molecule has 0 saturated heterocycles. The van der Waals surface area contributed by atoms with Crippen LogP contribution in [0.25, 0.3) is 0 Å². The number of methoxy groups -OCH3 is 1. The molecule has 35 heavy (non-hydrogen) atoms. The number of pyridine rings is 1. The summed E-state index contributed by atoms with van der Waals surface area (Å²) in [7, 11) is 5.40. The minimum Gasteiger partial charge on any atom is -0.494 e. The molecule has 8 nitrogen and oxygen atoms in total. The van der Waals surface area contributed by atoms with Gasteiger partial charge in [0.05, 0.1) is 28.4 Å². The van der Waals surface area contributed by atoms with Gasteiger partial charge >= 0.3 is 0 Å². The third kappa shape index (κ3) is 7.30. The average Bonchev–Trinajstić information content (AvgIpc) is 3.19. The lowest BCUT2D eigenvalue weighted by atomic mass is 10.1. The molecule has 0 fully saturated rings. The Labute approximate surface area is 222 Å². The van der Waals surface area contributed by atoms with Crippen LogP contribution in [0.2, 0.25) is 15.1 Å². The Balaban J connectivity index is 1.82. The molecule has 0 unspecified atom stereocenters. The predicted molar refractivity (Wildman–Crippen MR) is 143 cm³/mol. The number of likely N-dealkylation sites (N-methyl/N-ethyl adjacent to an activating group) is 1. The topological polar surface area (TPSA) is 95.6 Å². The Morgan fingerprint density at radius 2 is 1.86 bits per heavy atom. The summed E-state index contributed by atoms with van der Waals surface area (Å²) < 4.78 is 5.38. The van der Waals surface area contributed by atoms with Crippen LogP contribution in [-0.4, -0.2) is 56.0 Å². The van der Waals surface area contributed by atoms with Gasteiger partial charge in [0.2, 0.25) is 0 Å². The fraction of sp³-hybridized carbons (Fsp3) is 0.261. The molecule has 2 heterocycles. The molecule has 3 N–H and O–H groups in total. The summed E-state index contributed by atoms with van der Waals surface area (Å²) >= 11 is 19.8. The summed E-state index contributed by atoms with van der Waals surface area (Å²) in [6.07, 6.45) is 1.41. The Morgan fingerprint density at radius 1 is 1.09 bits per heavy atom. The number of rotatable bonds is 10. The highest BCUT2D eigenvalue weighted by Gasteiger charge is 2.23. The van der Waals surface area contributed by atoms with E-state index in [0.29, 0.717) is 21.5 Å². The Kier molecular flexibility index (Phi) is 9.73. The van der Waals surface area contributed by atoms with Crippen molar-refractivity contribution in [2.24, 2.45) is 0 Å². The quantitative estimate of drug-likeness (QED) is 0.295. The molecule has 0 atom stereocenters. The third-order valence-corrected chi connectivity index (χ3v) is 6.81. The van der Waals surface area contributed by atoms with E-state index in [1.165, 1.54) is 36.8 Å². The van der Waals surface area contributed by atoms with Crippen molar-refractivity contribution in [1.29, 1.82) is 0 Å². The number of carbonyl (C=O) groups is 2. The molecular weight excluding hydrogens is 533 g/mol. The molecule has 186 valence electrons. The zero-order chi connectivity index (χ0) is 25.5. The van der Waals surface area contributed by atoms with Crippen LogP contribution in [0.1, 0.15) is 25.6 Å². The fourth-order valence-electron chi connectivity index (χ4n) is 3.03. The zero-order valence-electron chi connectivity index (χ0n) is 19.2. The van der Waals surface area contributed by atoms with E-state index in [2.05, 4.69) is 25.8 Å². The third-order valence-electron chi connectivity index (χ3n) is 4.80. The van der Waals surface area contributed by atoms with Crippen molar-refractivity contribution in [3.8, 4) is 5.75 Å². The van der Waals surface area contributed by atoms with Crippen molar-refractivity contribution in [3.63, 3.8) is 0 Å². The number of anilines is 2. The van der Waals surface area contributed by atoms with Crippen LogP contribution in [0.3, 0.4) is 0 Å². The largest absolute Gasteiger partial charge is 0.494 e. The summed E-state index contributed by atoms with van der Waals surface area (Å²) in [4.78, 5) is 32.6. The average molecular weight is 557 g/mol. The Morgan fingerprint density at radius 3 is 2.51 bits per heavy atom. The van der Waals surface area contributed by atoms with Crippen molar-refractivity contribution < 1.29 is 14.3 Å². The van der Waals surface area contributed by atoms with Crippen LogP contribution in [-0.2, 0) is 6.54 Å². The Bertz CT molecular complexity index is 1200. The van der Waals surface area contributed by atoms with Gasteiger partial charge < -0.3 is 25.6 Å². The van der Waals surface area contributed by atoms with Gasteiger partial charge in [0.1, 0.15) is 16.4 Å².